The second-order valence-electron chi connectivity index (χ2n) is 5.02. The molecule has 4 nitrogen and oxygen atoms in total. The Hall–Kier alpha value is -1.58. The van der Waals surface area contributed by atoms with E-state index in [1.165, 1.54) is 19.3 Å². The molecule has 1 heterocycles. The van der Waals surface area contributed by atoms with Crippen LogP contribution in [0.15, 0.2) is 18.5 Å². The second kappa shape index (κ2) is 4.73. The highest BCUT2D eigenvalue weighted by Gasteiger charge is 2.32. The summed E-state index contributed by atoms with van der Waals surface area (Å²) in [5.41, 5.74) is 1.73. The van der Waals surface area contributed by atoms with Crippen LogP contribution in [-0.2, 0) is 0 Å². The van der Waals surface area contributed by atoms with Crippen molar-refractivity contribution < 1.29 is 4.79 Å². The largest absolute Gasteiger partial charge is 0.387 e. The van der Waals surface area contributed by atoms with Gasteiger partial charge in [0, 0.05) is 31.7 Å². The van der Waals surface area contributed by atoms with E-state index in [-0.39, 0.29) is 5.91 Å². The number of nitrogens with zero attached hydrogens (tertiary/aromatic N) is 1. The van der Waals surface area contributed by atoms with Gasteiger partial charge in [0.05, 0.1) is 5.56 Å². The molecule has 2 rings (SSSR count). The lowest BCUT2D eigenvalue weighted by molar-refractivity contribution is 0.0891. The number of aromatic nitrogens is 1. The minimum absolute atomic E-state index is 0.0458. The van der Waals surface area contributed by atoms with Crippen LogP contribution >= 0.6 is 0 Å². The first kappa shape index (κ1) is 11.9. The fourth-order valence-corrected chi connectivity index (χ4v) is 2.14. The zero-order valence-electron chi connectivity index (χ0n) is 10.4. The lowest BCUT2D eigenvalue weighted by atomic mass is 9.70. The van der Waals surface area contributed by atoms with Crippen LogP contribution in [0.2, 0.25) is 0 Å². The summed E-state index contributed by atoms with van der Waals surface area (Å²) in [6, 6.07) is 1.81. The Kier molecular flexibility index (Phi) is 3.31. The normalized spacial score (nSPS) is 17.1. The van der Waals surface area contributed by atoms with Crippen LogP contribution < -0.4 is 10.6 Å². The monoisotopic (exact) mass is 233 g/mol. The summed E-state index contributed by atoms with van der Waals surface area (Å²) in [6.07, 6.45) is 6.97. The molecule has 0 aromatic carbocycles. The third-order valence-corrected chi connectivity index (χ3v) is 3.57. The molecule has 1 aliphatic rings. The Morgan fingerprint density at radius 3 is 2.88 bits per heavy atom. The minimum Gasteiger partial charge on any atom is -0.387 e. The molecular weight excluding hydrogens is 214 g/mol. The first-order valence-electron chi connectivity index (χ1n) is 6.05. The number of hydrogen-bond acceptors (Lipinski definition) is 3. The van der Waals surface area contributed by atoms with Crippen molar-refractivity contribution in [3.05, 3.63) is 24.0 Å². The average molecular weight is 233 g/mol. The molecule has 92 valence electrons. The van der Waals surface area contributed by atoms with Crippen molar-refractivity contribution in [2.24, 2.45) is 5.41 Å². The first-order valence-corrected chi connectivity index (χ1v) is 6.05. The van der Waals surface area contributed by atoms with E-state index in [4.69, 9.17) is 0 Å². The number of hydrogen-bond donors (Lipinski definition) is 2. The summed E-state index contributed by atoms with van der Waals surface area (Å²) < 4.78 is 0. The maximum Gasteiger partial charge on any atom is 0.254 e. The summed E-state index contributed by atoms with van der Waals surface area (Å²) in [5, 5.41) is 6.00. The lowest BCUT2D eigenvalue weighted by Gasteiger charge is -2.38. The van der Waals surface area contributed by atoms with Crippen molar-refractivity contribution in [1.29, 1.82) is 0 Å². The quantitative estimate of drug-likeness (QED) is 0.836. The number of carbonyl (C=O) groups excluding carboxylic acids is 1. The highest BCUT2D eigenvalue weighted by molar-refractivity contribution is 5.99. The van der Waals surface area contributed by atoms with Gasteiger partial charge in [-0.15, -0.1) is 0 Å². The van der Waals surface area contributed by atoms with E-state index >= 15 is 0 Å². The predicted molar refractivity (Wildman–Crippen MR) is 68.1 cm³/mol. The molecular formula is C13H19N3O. The van der Waals surface area contributed by atoms with Crippen LogP contribution in [0.3, 0.4) is 0 Å². The fraction of sp³-hybridized carbons (Fsp3) is 0.538. The highest BCUT2D eigenvalue weighted by atomic mass is 16.1. The number of rotatable bonds is 4. The van der Waals surface area contributed by atoms with Gasteiger partial charge in [-0.3, -0.25) is 9.78 Å². The van der Waals surface area contributed by atoms with E-state index < -0.39 is 0 Å². The molecule has 0 atom stereocenters. The number of pyridine rings is 1. The second-order valence-corrected chi connectivity index (χ2v) is 5.02. The van der Waals surface area contributed by atoms with Crippen molar-refractivity contribution in [3.8, 4) is 0 Å². The van der Waals surface area contributed by atoms with E-state index in [1.807, 2.05) is 0 Å². The van der Waals surface area contributed by atoms with Gasteiger partial charge < -0.3 is 10.6 Å². The molecule has 2 N–H and O–H groups in total. The molecule has 1 saturated carbocycles. The van der Waals surface area contributed by atoms with E-state index in [9.17, 15) is 4.79 Å². The van der Waals surface area contributed by atoms with Gasteiger partial charge in [-0.05, 0) is 24.3 Å². The molecule has 0 spiro atoms. The summed E-state index contributed by atoms with van der Waals surface area (Å²) in [7, 11) is 1.80. The fourth-order valence-electron chi connectivity index (χ4n) is 2.14. The first-order chi connectivity index (χ1) is 8.14. The van der Waals surface area contributed by atoms with Crippen molar-refractivity contribution in [1.82, 2.24) is 10.3 Å². The Morgan fingerprint density at radius 1 is 1.53 bits per heavy atom. The van der Waals surface area contributed by atoms with Gasteiger partial charge in [0.25, 0.3) is 5.91 Å². The van der Waals surface area contributed by atoms with Crippen LogP contribution in [0.25, 0.3) is 0 Å². The zero-order valence-corrected chi connectivity index (χ0v) is 10.4. The maximum absolute atomic E-state index is 12.0. The molecule has 1 aromatic rings. The maximum atomic E-state index is 12.0. The molecule has 1 aliphatic carbocycles. The third-order valence-electron chi connectivity index (χ3n) is 3.57. The highest BCUT2D eigenvalue weighted by Crippen LogP contribution is 2.39. The minimum atomic E-state index is -0.0458. The van der Waals surface area contributed by atoms with E-state index in [0.29, 0.717) is 11.0 Å². The van der Waals surface area contributed by atoms with E-state index in [1.54, 1.807) is 25.5 Å². The Morgan fingerprint density at radius 2 is 2.29 bits per heavy atom. The van der Waals surface area contributed by atoms with Gasteiger partial charge in [-0.25, -0.2) is 0 Å². The van der Waals surface area contributed by atoms with Gasteiger partial charge in [-0.1, -0.05) is 13.3 Å². The average Bonchev–Trinajstić information content (AvgIpc) is 2.33. The van der Waals surface area contributed by atoms with Gasteiger partial charge in [0.2, 0.25) is 0 Å². The molecule has 17 heavy (non-hydrogen) atoms. The standard InChI is InChI=1S/C13H19N3O/c1-13(5-3-6-13)9-16-12(17)10-8-15-7-4-11(10)14-2/h4,7-8H,3,5-6,9H2,1-2H3,(H,14,15)(H,16,17). The molecule has 0 bridgehead atoms. The summed E-state index contributed by atoms with van der Waals surface area (Å²) in [5.74, 6) is -0.0458. The predicted octanol–water partition coefficient (Wildman–Crippen LogP) is 2.04. The molecule has 1 aromatic heterocycles. The summed E-state index contributed by atoms with van der Waals surface area (Å²) in [6.45, 7) is 2.98. The molecule has 0 aliphatic heterocycles. The van der Waals surface area contributed by atoms with Crippen LogP contribution in [0, 0.1) is 5.41 Å². The number of nitrogens with one attached hydrogen (secondary N) is 2. The Bertz CT molecular complexity index is 413. The Balaban J connectivity index is 1.99. The number of amides is 1. The van der Waals surface area contributed by atoms with Crippen molar-refractivity contribution in [2.75, 3.05) is 18.9 Å². The van der Waals surface area contributed by atoms with Gasteiger partial charge in [0.1, 0.15) is 0 Å². The molecule has 0 radical (unpaired) electrons. The van der Waals surface area contributed by atoms with Gasteiger partial charge >= 0.3 is 0 Å². The molecule has 1 fully saturated rings. The van der Waals surface area contributed by atoms with Crippen molar-refractivity contribution >= 4 is 11.6 Å². The third kappa shape index (κ3) is 2.57. The van der Waals surface area contributed by atoms with Crippen LogP contribution in [0.5, 0.6) is 0 Å². The molecule has 4 heteroatoms. The van der Waals surface area contributed by atoms with Crippen molar-refractivity contribution in [2.45, 2.75) is 26.2 Å². The van der Waals surface area contributed by atoms with Gasteiger partial charge in [-0.2, -0.15) is 0 Å². The molecule has 0 unspecified atom stereocenters. The zero-order chi connectivity index (χ0) is 12.3. The summed E-state index contributed by atoms with van der Waals surface area (Å²) in [4.78, 5) is 16.0. The number of carbonyl (C=O) groups is 1. The molecule has 0 saturated heterocycles. The lowest BCUT2D eigenvalue weighted by Crippen LogP contribution is -2.40. The van der Waals surface area contributed by atoms with E-state index in [2.05, 4.69) is 22.5 Å². The van der Waals surface area contributed by atoms with Crippen LogP contribution in [0.1, 0.15) is 36.5 Å². The van der Waals surface area contributed by atoms with Crippen LogP contribution in [-0.4, -0.2) is 24.5 Å². The topological polar surface area (TPSA) is 54.0 Å². The summed E-state index contributed by atoms with van der Waals surface area (Å²) >= 11 is 0. The smallest absolute Gasteiger partial charge is 0.254 e. The van der Waals surface area contributed by atoms with Crippen molar-refractivity contribution in [3.63, 3.8) is 0 Å². The van der Waals surface area contributed by atoms with E-state index in [0.717, 1.165) is 12.2 Å². The van der Waals surface area contributed by atoms with Crippen LogP contribution in [0.4, 0.5) is 5.69 Å². The SMILES string of the molecule is CNc1ccncc1C(=O)NCC1(C)CCC1. The Labute approximate surface area is 102 Å². The van der Waals surface area contributed by atoms with Gasteiger partial charge in [0.15, 0.2) is 0 Å². The number of anilines is 1. The molecule has 1 amide bonds.